The van der Waals surface area contributed by atoms with E-state index in [-0.39, 0.29) is 12.5 Å². The molecule has 1 N–H and O–H groups in total. The van der Waals surface area contributed by atoms with Crippen molar-refractivity contribution in [3.05, 3.63) is 29.1 Å². The number of nitrogens with zero attached hydrogens (tertiary/aromatic N) is 1. The summed E-state index contributed by atoms with van der Waals surface area (Å²) in [6.45, 7) is 1.77. The third kappa shape index (κ3) is 2.72. The van der Waals surface area contributed by atoms with Crippen molar-refractivity contribution < 1.29 is 22.0 Å². The van der Waals surface area contributed by atoms with Crippen molar-refractivity contribution in [2.75, 3.05) is 31.6 Å². The molecule has 1 fully saturated rings. The summed E-state index contributed by atoms with van der Waals surface area (Å²) in [5, 5.41) is 3.13. The van der Waals surface area contributed by atoms with Crippen LogP contribution in [-0.2, 0) is 0 Å². The summed E-state index contributed by atoms with van der Waals surface area (Å²) in [6, 6.07) is 0. The van der Waals surface area contributed by atoms with Crippen LogP contribution in [0.3, 0.4) is 0 Å². The zero-order chi connectivity index (χ0) is 14.9. The maximum Gasteiger partial charge on any atom is 0.200 e. The highest BCUT2D eigenvalue weighted by molar-refractivity contribution is 5.49. The molecular weight excluding hydrogens is 279 g/mol. The number of nitrogens with one attached hydrogen (secondary N) is 1. The van der Waals surface area contributed by atoms with Crippen molar-refractivity contribution in [3.8, 4) is 0 Å². The Morgan fingerprint density at radius 1 is 1.00 bits per heavy atom. The van der Waals surface area contributed by atoms with Gasteiger partial charge in [-0.25, -0.2) is 22.0 Å². The molecule has 2 rings (SSSR count). The quantitative estimate of drug-likeness (QED) is 0.524. The Labute approximate surface area is 113 Å². The molecule has 112 valence electrons. The fraction of sp³-hybridized carbons (Fsp3) is 0.538. The first-order valence-corrected chi connectivity index (χ1v) is 6.36. The van der Waals surface area contributed by atoms with Gasteiger partial charge in [-0.1, -0.05) is 0 Å². The van der Waals surface area contributed by atoms with Crippen LogP contribution in [0.25, 0.3) is 0 Å². The molecule has 7 heteroatoms. The number of hydrogen-bond acceptors (Lipinski definition) is 2. The number of halogens is 5. The minimum absolute atomic E-state index is 0.115. The van der Waals surface area contributed by atoms with Crippen molar-refractivity contribution >= 4 is 5.69 Å². The third-order valence-electron chi connectivity index (χ3n) is 3.50. The Balaban J connectivity index is 2.27. The standard InChI is InChI=1S/C13H15F5N2/c1-20(6-7-3-2-4-19-5-7)13-11(17)9(15)8(14)10(16)12(13)18/h7,19H,2-6H2,1H3. The molecule has 1 aromatic rings. The first kappa shape index (κ1) is 15.0. The van der Waals surface area contributed by atoms with E-state index in [2.05, 4.69) is 5.32 Å². The SMILES string of the molecule is CN(CC1CCCNC1)c1c(F)c(F)c(F)c(F)c1F. The monoisotopic (exact) mass is 294 g/mol. The predicted molar refractivity (Wildman–Crippen MR) is 65.1 cm³/mol. The van der Waals surface area contributed by atoms with Gasteiger partial charge >= 0.3 is 0 Å². The number of piperidine rings is 1. The fourth-order valence-electron chi connectivity index (χ4n) is 2.49. The van der Waals surface area contributed by atoms with Crippen LogP contribution in [-0.4, -0.2) is 26.7 Å². The zero-order valence-corrected chi connectivity index (χ0v) is 10.9. The van der Waals surface area contributed by atoms with Crippen LogP contribution in [0.15, 0.2) is 0 Å². The van der Waals surface area contributed by atoms with Crippen LogP contribution in [0.4, 0.5) is 27.6 Å². The van der Waals surface area contributed by atoms with Crippen molar-refractivity contribution in [1.29, 1.82) is 0 Å². The summed E-state index contributed by atoms with van der Waals surface area (Å²) in [5.74, 6) is -9.40. The summed E-state index contributed by atoms with van der Waals surface area (Å²) in [4.78, 5) is 1.09. The highest BCUT2D eigenvalue weighted by Gasteiger charge is 2.28. The smallest absolute Gasteiger partial charge is 0.200 e. The Bertz CT molecular complexity index is 471. The maximum absolute atomic E-state index is 13.6. The van der Waals surface area contributed by atoms with Gasteiger partial charge in [0.05, 0.1) is 0 Å². The van der Waals surface area contributed by atoms with E-state index < -0.39 is 34.8 Å². The van der Waals surface area contributed by atoms with E-state index in [0.717, 1.165) is 24.3 Å². The van der Waals surface area contributed by atoms with Gasteiger partial charge in [0.1, 0.15) is 5.69 Å². The lowest BCUT2D eigenvalue weighted by Gasteiger charge is -2.29. The number of anilines is 1. The molecule has 0 amide bonds. The summed E-state index contributed by atoms with van der Waals surface area (Å²) < 4.78 is 66.5. The van der Waals surface area contributed by atoms with Crippen LogP contribution in [0.1, 0.15) is 12.8 Å². The van der Waals surface area contributed by atoms with Crippen molar-refractivity contribution in [1.82, 2.24) is 5.32 Å². The molecule has 20 heavy (non-hydrogen) atoms. The van der Waals surface area contributed by atoms with Gasteiger partial charge in [0.15, 0.2) is 23.3 Å². The van der Waals surface area contributed by atoms with Crippen LogP contribution in [0.5, 0.6) is 0 Å². The van der Waals surface area contributed by atoms with Crippen molar-refractivity contribution in [3.63, 3.8) is 0 Å². The molecule has 1 unspecified atom stereocenters. The van der Waals surface area contributed by atoms with Crippen LogP contribution in [0.2, 0.25) is 0 Å². The summed E-state index contributed by atoms with van der Waals surface area (Å²) >= 11 is 0. The van der Waals surface area contributed by atoms with E-state index in [1.165, 1.54) is 7.05 Å². The third-order valence-corrected chi connectivity index (χ3v) is 3.50. The van der Waals surface area contributed by atoms with Crippen LogP contribution < -0.4 is 10.2 Å². The van der Waals surface area contributed by atoms with Crippen molar-refractivity contribution in [2.45, 2.75) is 12.8 Å². The lowest BCUT2D eigenvalue weighted by Crippen LogP contribution is -2.37. The van der Waals surface area contributed by atoms with E-state index in [4.69, 9.17) is 0 Å². The van der Waals surface area contributed by atoms with Gasteiger partial charge in [-0.3, -0.25) is 0 Å². The molecule has 0 saturated carbocycles. The Morgan fingerprint density at radius 3 is 2.05 bits per heavy atom. The second kappa shape index (κ2) is 5.95. The Kier molecular flexibility index (Phi) is 4.47. The molecular formula is C13H15F5N2. The average Bonchev–Trinajstić information content (AvgIpc) is 2.44. The van der Waals surface area contributed by atoms with Crippen molar-refractivity contribution in [2.24, 2.45) is 5.92 Å². The molecule has 0 spiro atoms. The zero-order valence-electron chi connectivity index (χ0n) is 10.9. The minimum atomic E-state index is -2.13. The Hall–Kier alpha value is -1.37. The number of rotatable bonds is 3. The largest absolute Gasteiger partial charge is 0.369 e. The topological polar surface area (TPSA) is 15.3 Å². The first-order chi connectivity index (χ1) is 9.43. The van der Waals surface area contributed by atoms with E-state index in [1.807, 2.05) is 0 Å². The van der Waals surface area contributed by atoms with E-state index in [9.17, 15) is 22.0 Å². The highest BCUT2D eigenvalue weighted by Crippen LogP contribution is 2.30. The summed E-state index contributed by atoms with van der Waals surface area (Å²) in [5.41, 5.74) is -0.869. The molecule has 1 heterocycles. The predicted octanol–water partition coefficient (Wildman–Crippen LogP) is 2.82. The molecule has 1 aliphatic heterocycles. The second-order valence-corrected chi connectivity index (χ2v) is 5.01. The van der Waals surface area contributed by atoms with Crippen LogP contribution >= 0.6 is 0 Å². The number of benzene rings is 1. The Morgan fingerprint density at radius 2 is 1.55 bits per heavy atom. The summed E-state index contributed by atoms with van der Waals surface area (Å²) in [7, 11) is 1.33. The van der Waals surface area contributed by atoms with E-state index in [1.54, 1.807) is 0 Å². The molecule has 2 nitrogen and oxygen atoms in total. The van der Waals surface area contributed by atoms with E-state index in [0.29, 0.717) is 6.54 Å². The molecule has 1 atom stereocenters. The number of hydrogen-bond donors (Lipinski definition) is 1. The fourth-order valence-corrected chi connectivity index (χ4v) is 2.49. The maximum atomic E-state index is 13.6. The first-order valence-electron chi connectivity index (χ1n) is 6.36. The lowest BCUT2D eigenvalue weighted by atomic mass is 9.99. The second-order valence-electron chi connectivity index (χ2n) is 5.01. The molecule has 0 bridgehead atoms. The molecule has 0 radical (unpaired) electrons. The van der Waals surface area contributed by atoms with Gasteiger partial charge in [0, 0.05) is 13.6 Å². The van der Waals surface area contributed by atoms with Gasteiger partial charge in [-0.05, 0) is 31.8 Å². The average molecular weight is 294 g/mol. The molecule has 1 aliphatic rings. The summed E-state index contributed by atoms with van der Waals surface area (Å²) in [6.07, 6.45) is 1.78. The molecule has 1 aromatic carbocycles. The highest BCUT2D eigenvalue weighted by atomic mass is 19.2. The van der Waals surface area contributed by atoms with Crippen LogP contribution in [0, 0.1) is 35.0 Å². The normalized spacial score (nSPS) is 19.2. The molecule has 0 aliphatic carbocycles. The van der Waals surface area contributed by atoms with Gasteiger partial charge in [-0.2, -0.15) is 0 Å². The van der Waals surface area contributed by atoms with Gasteiger partial charge in [0.25, 0.3) is 0 Å². The van der Waals surface area contributed by atoms with Gasteiger partial charge < -0.3 is 10.2 Å². The molecule has 1 saturated heterocycles. The van der Waals surface area contributed by atoms with Gasteiger partial charge in [-0.15, -0.1) is 0 Å². The van der Waals surface area contributed by atoms with Gasteiger partial charge in [0.2, 0.25) is 5.82 Å². The molecule has 0 aromatic heterocycles. The minimum Gasteiger partial charge on any atom is -0.369 e. The lowest BCUT2D eigenvalue weighted by molar-refractivity contribution is 0.365. The van der Waals surface area contributed by atoms with E-state index >= 15 is 0 Å².